The lowest BCUT2D eigenvalue weighted by Crippen LogP contribution is -2.23. The Hall–Kier alpha value is -2.80. The van der Waals surface area contributed by atoms with E-state index in [0.29, 0.717) is 17.2 Å². The van der Waals surface area contributed by atoms with E-state index in [2.05, 4.69) is 5.32 Å². The zero-order valence-corrected chi connectivity index (χ0v) is 14.0. The van der Waals surface area contributed by atoms with Crippen molar-refractivity contribution in [3.8, 4) is 11.5 Å². The SMILES string of the molecule is COc1ccc(OCC(=O)OCC(=O)Nc2ccc(F)c(Cl)c2)cc1. The standard InChI is InChI=1S/C17H15ClFNO5/c1-23-12-3-5-13(6-4-12)24-10-17(22)25-9-16(21)20-11-2-7-15(19)14(18)8-11/h2-8H,9-10H2,1H3,(H,20,21). The maximum atomic E-state index is 13.0. The van der Waals surface area contributed by atoms with Crippen LogP contribution in [-0.2, 0) is 14.3 Å². The first-order valence-electron chi connectivity index (χ1n) is 7.15. The molecule has 2 aromatic carbocycles. The van der Waals surface area contributed by atoms with Crippen LogP contribution in [0, 0.1) is 5.82 Å². The fourth-order valence-electron chi connectivity index (χ4n) is 1.77. The van der Waals surface area contributed by atoms with Gasteiger partial charge in [0.05, 0.1) is 12.1 Å². The van der Waals surface area contributed by atoms with E-state index in [9.17, 15) is 14.0 Å². The Kier molecular flexibility index (Phi) is 6.59. The number of nitrogens with one attached hydrogen (secondary N) is 1. The molecule has 132 valence electrons. The molecule has 0 radical (unpaired) electrons. The summed E-state index contributed by atoms with van der Waals surface area (Å²) in [5, 5.41) is 2.31. The van der Waals surface area contributed by atoms with Crippen LogP contribution in [0.4, 0.5) is 10.1 Å². The molecule has 0 spiro atoms. The monoisotopic (exact) mass is 367 g/mol. The van der Waals surface area contributed by atoms with E-state index < -0.39 is 24.3 Å². The number of benzene rings is 2. The van der Waals surface area contributed by atoms with Gasteiger partial charge < -0.3 is 19.5 Å². The van der Waals surface area contributed by atoms with Gasteiger partial charge in [0.1, 0.15) is 17.3 Å². The molecule has 0 aliphatic rings. The zero-order chi connectivity index (χ0) is 18.2. The molecule has 0 saturated carbocycles. The Labute approximate surface area is 148 Å². The number of halogens is 2. The topological polar surface area (TPSA) is 73.9 Å². The van der Waals surface area contributed by atoms with Crippen LogP contribution < -0.4 is 14.8 Å². The molecule has 0 aromatic heterocycles. The van der Waals surface area contributed by atoms with Crippen LogP contribution in [0.1, 0.15) is 0 Å². The molecule has 1 amide bonds. The Bertz CT molecular complexity index is 751. The van der Waals surface area contributed by atoms with Crippen LogP contribution in [-0.4, -0.2) is 32.2 Å². The van der Waals surface area contributed by atoms with E-state index in [1.54, 1.807) is 24.3 Å². The summed E-state index contributed by atoms with van der Waals surface area (Å²) in [6, 6.07) is 10.3. The highest BCUT2D eigenvalue weighted by atomic mass is 35.5. The average molecular weight is 368 g/mol. The van der Waals surface area contributed by atoms with Gasteiger partial charge in [0.25, 0.3) is 5.91 Å². The second-order valence-electron chi connectivity index (χ2n) is 4.80. The molecular formula is C17H15ClFNO5. The third-order valence-electron chi connectivity index (χ3n) is 2.98. The summed E-state index contributed by atoms with van der Waals surface area (Å²) >= 11 is 5.61. The second-order valence-corrected chi connectivity index (χ2v) is 5.21. The van der Waals surface area contributed by atoms with Crippen LogP contribution in [0.3, 0.4) is 0 Å². The van der Waals surface area contributed by atoms with Gasteiger partial charge in [-0.1, -0.05) is 11.6 Å². The van der Waals surface area contributed by atoms with Crippen LogP contribution in [0.25, 0.3) is 0 Å². The molecule has 8 heteroatoms. The summed E-state index contributed by atoms with van der Waals surface area (Å²) < 4.78 is 28.0. The Morgan fingerprint density at radius 2 is 1.76 bits per heavy atom. The number of rotatable bonds is 7. The minimum absolute atomic E-state index is 0.123. The molecule has 0 fully saturated rings. The normalized spacial score (nSPS) is 10.0. The lowest BCUT2D eigenvalue weighted by atomic mass is 10.3. The fraction of sp³-hybridized carbons (Fsp3) is 0.176. The molecule has 2 rings (SSSR count). The van der Waals surface area contributed by atoms with Crippen molar-refractivity contribution in [2.45, 2.75) is 0 Å². The number of carbonyl (C=O) groups excluding carboxylic acids is 2. The second kappa shape index (κ2) is 8.89. The van der Waals surface area contributed by atoms with Crippen LogP contribution >= 0.6 is 11.6 Å². The van der Waals surface area contributed by atoms with Crippen molar-refractivity contribution >= 4 is 29.2 Å². The molecule has 0 aliphatic heterocycles. The first kappa shape index (κ1) is 18.5. The summed E-state index contributed by atoms with van der Waals surface area (Å²) in [7, 11) is 1.54. The molecule has 1 N–H and O–H groups in total. The first-order valence-corrected chi connectivity index (χ1v) is 7.53. The highest BCUT2D eigenvalue weighted by Crippen LogP contribution is 2.19. The van der Waals surface area contributed by atoms with Gasteiger partial charge in [-0.05, 0) is 42.5 Å². The predicted octanol–water partition coefficient (Wildman–Crippen LogP) is 3.05. The molecule has 0 saturated heterocycles. The van der Waals surface area contributed by atoms with Gasteiger partial charge in [0, 0.05) is 5.69 Å². The molecule has 6 nitrogen and oxygen atoms in total. The summed E-state index contributed by atoms with van der Waals surface area (Å²) in [5.41, 5.74) is 0.293. The molecule has 25 heavy (non-hydrogen) atoms. The van der Waals surface area contributed by atoms with Crippen molar-refractivity contribution in [3.05, 3.63) is 53.3 Å². The summed E-state index contributed by atoms with van der Waals surface area (Å²) in [4.78, 5) is 23.3. The summed E-state index contributed by atoms with van der Waals surface area (Å²) in [5.74, 6) is -0.763. The van der Waals surface area contributed by atoms with Crippen molar-refractivity contribution in [1.29, 1.82) is 0 Å². The van der Waals surface area contributed by atoms with E-state index in [1.165, 1.54) is 19.2 Å². The number of hydrogen-bond acceptors (Lipinski definition) is 5. The van der Waals surface area contributed by atoms with Gasteiger partial charge in [-0.15, -0.1) is 0 Å². The van der Waals surface area contributed by atoms with Crippen molar-refractivity contribution in [2.75, 3.05) is 25.6 Å². The number of carbonyl (C=O) groups is 2. The van der Waals surface area contributed by atoms with Crippen molar-refractivity contribution in [2.24, 2.45) is 0 Å². The van der Waals surface area contributed by atoms with E-state index in [4.69, 9.17) is 25.8 Å². The molecule has 0 aliphatic carbocycles. The number of hydrogen-bond donors (Lipinski definition) is 1. The van der Waals surface area contributed by atoms with E-state index in [1.807, 2.05) is 0 Å². The Balaban J connectivity index is 1.73. The summed E-state index contributed by atoms with van der Waals surface area (Å²) in [6.45, 7) is -0.845. The van der Waals surface area contributed by atoms with Gasteiger partial charge in [-0.25, -0.2) is 9.18 Å². The highest BCUT2D eigenvalue weighted by Gasteiger charge is 2.10. The minimum atomic E-state index is -0.705. The van der Waals surface area contributed by atoms with Gasteiger partial charge in [-0.3, -0.25) is 4.79 Å². The molecule has 0 unspecified atom stereocenters. The van der Waals surface area contributed by atoms with Gasteiger partial charge in [0.2, 0.25) is 0 Å². The Morgan fingerprint density at radius 1 is 1.08 bits per heavy atom. The number of esters is 1. The maximum absolute atomic E-state index is 13.0. The van der Waals surface area contributed by atoms with Gasteiger partial charge in [-0.2, -0.15) is 0 Å². The average Bonchev–Trinajstić information content (AvgIpc) is 2.61. The zero-order valence-electron chi connectivity index (χ0n) is 13.3. The van der Waals surface area contributed by atoms with Gasteiger partial charge >= 0.3 is 5.97 Å². The van der Waals surface area contributed by atoms with Crippen molar-refractivity contribution < 1.29 is 28.2 Å². The minimum Gasteiger partial charge on any atom is -0.497 e. The molecule has 2 aromatic rings. The van der Waals surface area contributed by atoms with E-state index in [0.717, 1.165) is 6.07 Å². The third kappa shape index (κ3) is 5.96. The number of amides is 1. The highest BCUT2D eigenvalue weighted by molar-refractivity contribution is 6.31. The smallest absolute Gasteiger partial charge is 0.344 e. The maximum Gasteiger partial charge on any atom is 0.344 e. The molecule has 0 heterocycles. The number of anilines is 1. The van der Waals surface area contributed by atoms with Crippen molar-refractivity contribution in [3.63, 3.8) is 0 Å². The molecular weight excluding hydrogens is 353 g/mol. The van der Waals surface area contributed by atoms with Crippen LogP contribution in [0.15, 0.2) is 42.5 Å². The lowest BCUT2D eigenvalue weighted by molar-refractivity contribution is -0.149. The van der Waals surface area contributed by atoms with Crippen molar-refractivity contribution in [1.82, 2.24) is 0 Å². The number of ether oxygens (including phenoxy) is 3. The lowest BCUT2D eigenvalue weighted by Gasteiger charge is -2.08. The number of methoxy groups -OCH3 is 1. The molecule has 0 atom stereocenters. The fourth-order valence-corrected chi connectivity index (χ4v) is 1.95. The summed E-state index contributed by atoms with van der Waals surface area (Å²) in [6.07, 6.45) is 0. The predicted molar refractivity (Wildman–Crippen MR) is 89.5 cm³/mol. The quantitative estimate of drug-likeness (QED) is 0.761. The molecule has 0 bridgehead atoms. The van der Waals surface area contributed by atoms with Crippen LogP contribution in [0.2, 0.25) is 5.02 Å². The van der Waals surface area contributed by atoms with E-state index in [-0.39, 0.29) is 11.6 Å². The first-order chi connectivity index (χ1) is 12.0. The van der Waals surface area contributed by atoms with Gasteiger partial charge in [0.15, 0.2) is 13.2 Å². The Morgan fingerprint density at radius 3 is 2.40 bits per heavy atom. The van der Waals surface area contributed by atoms with E-state index >= 15 is 0 Å². The largest absolute Gasteiger partial charge is 0.497 e. The van der Waals surface area contributed by atoms with Crippen LogP contribution in [0.5, 0.6) is 11.5 Å². The third-order valence-corrected chi connectivity index (χ3v) is 3.27.